The van der Waals surface area contributed by atoms with E-state index < -0.39 is 5.97 Å². The third kappa shape index (κ3) is 6.48. The van der Waals surface area contributed by atoms with Crippen LogP contribution in [0, 0.1) is 0 Å². The summed E-state index contributed by atoms with van der Waals surface area (Å²) in [5.41, 5.74) is 2.78. The summed E-state index contributed by atoms with van der Waals surface area (Å²) in [6.45, 7) is 11.7. The zero-order chi connectivity index (χ0) is 24.1. The van der Waals surface area contributed by atoms with Crippen molar-refractivity contribution in [3.63, 3.8) is 0 Å². The number of rotatable bonds is 9. The van der Waals surface area contributed by atoms with Crippen LogP contribution in [0.25, 0.3) is 22.4 Å². The van der Waals surface area contributed by atoms with Crippen molar-refractivity contribution < 1.29 is 24.1 Å². The van der Waals surface area contributed by atoms with Crippen molar-refractivity contribution in [2.24, 2.45) is 0 Å². The van der Waals surface area contributed by atoms with Crippen LogP contribution in [0.4, 0.5) is 0 Å². The SMILES string of the molecule is CC(C)Oc1ccc(-c2cc(C(=O)O)nc(-c3ccc(OC(C)C)cc3OC(C)C)c2)cc1. The predicted octanol–water partition coefficient (Wildman–Crippen LogP) is 6.48. The Hall–Kier alpha value is -3.54. The van der Waals surface area contributed by atoms with Crippen LogP contribution in [0.5, 0.6) is 17.2 Å². The normalized spacial score (nSPS) is 11.2. The fraction of sp³-hybridized carbons (Fsp3) is 0.333. The number of aromatic nitrogens is 1. The Kier molecular flexibility index (Phi) is 7.59. The van der Waals surface area contributed by atoms with Crippen LogP contribution in [0.3, 0.4) is 0 Å². The van der Waals surface area contributed by atoms with Crippen LogP contribution < -0.4 is 14.2 Å². The lowest BCUT2D eigenvalue weighted by Crippen LogP contribution is -2.09. The molecular weight excluding hydrogens is 418 g/mol. The van der Waals surface area contributed by atoms with Crippen LogP contribution in [-0.2, 0) is 0 Å². The molecule has 6 heteroatoms. The number of carboxylic acid groups (broad SMARTS) is 1. The highest BCUT2D eigenvalue weighted by Crippen LogP contribution is 2.36. The summed E-state index contributed by atoms with van der Waals surface area (Å²) in [5, 5.41) is 9.69. The average molecular weight is 450 g/mol. The molecule has 1 aromatic heterocycles. The van der Waals surface area contributed by atoms with Gasteiger partial charge in [-0.2, -0.15) is 0 Å². The van der Waals surface area contributed by atoms with Gasteiger partial charge in [0.2, 0.25) is 0 Å². The maximum Gasteiger partial charge on any atom is 0.354 e. The van der Waals surface area contributed by atoms with E-state index in [-0.39, 0.29) is 24.0 Å². The first-order chi connectivity index (χ1) is 15.6. The summed E-state index contributed by atoms with van der Waals surface area (Å²) in [5.74, 6) is 0.934. The highest BCUT2D eigenvalue weighted by Gasteiger charge is 2.17. The second-order valence-corrected chi connectivity index (χ2v) is 8.61. The minimum Gasteiger partial charge on any atom is -0.491 e. The van der Waals surface area contributed by atoms with Crippen molar-refractivity contribution in [2.75, 3.05) is 0 Å². The summed E-state index contributed by atoms with van der Waals surface area (Å²) in [4.78, 5) is 16.2. The smallest absolute Gasteiger partial charge is 0.354 e. The van der Waals surface area contributed by atoms with E-state index in [4.69, 9.17) is 14.2 Å². The third-order valence-electron chi connectivity index (χ3n) is 4.57. The minimum absolute atomic E-state index is 0.0189. The predicted molar refractivity (Wildman–Crippen MR) is 129 cm³/mol. The molecule has 0 bridgehead atoms. The number of aromatic carboxylic acids is 1. The average Bonchev–Trinajstić information content (AvgIpc) is 2.73. The lowest BCUT2D eigenvalue weighted by atomic mass is 10.0. The number of nitrogens with zero attached hydrogens (tertiary/aromatic N) is 1. The topological polar surface area (TPSA) is 77.9 Å². The molecule has 3 rings (SSSR count). The van der Waals surface area contributed by atoms with Gasteiger partial charge in [-0.3, -0.25) is 0 Å². The molecule has 0 radical (unpaired) electrons. The molecule has 0 atom stereocenters. The Morgan fingerprint density at radius 1 is 0.727 bits per heavy atom. The lowest BCUT2D eigenvalue weighted by Gasteiger charge is -2.18. The van der Waals surface area contributed by atoms with Crippen molar-refractivity contribution in [2.45, 2.75) is 59.9 Å². The Labute approximate surface area is 195 Å². The third-order valence-corrected chi connectivity index (χ3v) is 4.57. The van der Waals surface area contributed by atoms with E-state index in [1.807, 2.05) is 90.1 Å². The van der Waals surface area contributed by atoms with Gasteiger partial charge in [0.25, 0.3) is 0 Å². The molecule has 3 aromatic rings. The monoisotopic (exact) mass is 449 g/mol. The highest BCUT2D eigenvalue weighted by molar-refractivity contribution is 5.89. The molecule has 0 aliphatic rings. The van der Waals surface area contributed by atoms with Crippen LogP contribution in [-0.4, -0.2) is 34.4 Å². The summed E-state index contributed by atoms with van der Waals surface area (Å²) in [7, 11) is 0. The first-order valence-corrected chi connectivity index (χ1v) is 11.1. The van der Waals surface area contributed by atoms with Crippen LogP contribution in [0.1, 0.15) is 52.0 Å². The van der Waals surface area contributed by atoms with Gasteiger partial charge in [-0.05, 0) is 89.1 Å². The summed E-state index contributed by atoms with van der Waals surface area (Å²) >= 11 is 0. The first kappa shape index (κ1) is 24.1. The zero-order valence-electron chi connectivity index (χ0n) is 20.0. The molecule has 2 aromatic carbocycles. The number of ether oxygens (including phenoxy) is 3. The Bertz CT molecular complexity index is 1100. The summed E-state index contributed by atoms with van der Waals surface area (Å²) < 4.78 is 17.6. The molecule has 33 heavy (non-hydrogen) atoms. The van der Waals surface area contributed by atoms with Crippen molar-refractivity contribution in [3.8, 4) is 39.6 Å². The molecular formula is C27H31NO5. The van der Waals surface area contributed by atoms with Crippen molar-refractivity contribution in [1.82, 2.24) is 4.98 Å². The van der Waals surface area contributed by atoms with Crippen molar-refractivity contribution in [3.05, 3.63) is 60.3 Å². The minimum atomic E-state index is -1.09. The van der Waals surface area contributed by atoms with Gasteiger partial charge in [-0.25, -0.2) is 9.78 Å². The standard InChI is InChI=1S/C27H31NO5/c1-16(2)31-21-9-7-19(8-10-21)20-13-24(28-25(14-20)27(29)30)23-12-11-22(32-17(3)4)15-26(23)33-18(5)6/h7-18H,1-6H3,(H,29,30). The number of carboxylic acids is 1. The van der Waals surface area contributed by atoms with Gasteiger partial charge >= 0.3 is 5.97 Å². The number of hydrogen-bond donors (Lipinski definition) is 1. The van der Waals surface area contributed by atoms with Crippen LogP contribution >= 0.6 is 0 Å². The number of hydrogen-bond acceptors (Lipinski definition) is 5. The van der Waals surface area contributed by atoms with E-state index in [0.717, 1.165) is 16.9 Å². The van der Waals surface area contributed by atoms with Gasteiger partial charge in [0.15, 0.2) is 0 Å². The second-order valence-electron chi connectivity index (χ2n) is 8.61. The summed E-state index contributed by atoms with van der Waals surface area (Å²) in [6.07, 6.45) is 0.0168. The maximum atomic E-state index is 11.8. The molecule has 0 saturated heterocycles. The van der Waals surface area contributed by atoms with Gasteiger partial charge in [0, 0.05) is 11.6 Å². The van der Waals surface area contributed by atoms with E-state index in [0.29, 0.717) is 22.8 Å². The van der Waals surface area contributed by atoms with Crippen molar-refractivity contribution >= 4 is 5.97 Å². The van der Waals surface area contributed by atoms with E-state index in [2.05, 4.69) is 4.98 Å². The molecule has 1 N–H and O–H groups in total. The second kappa shape index (κ2) is 10.4. The maximum absolute atomic E-state index is 11.8. The number of carbonyl (C=O) groups is 1. The molecule has 0 amide bonds. The Morgan fingerprint density at radius 3 is 1.88 bits per heavy atom. The molecule has 0 aliphatic carbocycles. The van der Waals surface area contributed by atoms with Gasteiger partial charge in [-0.1, -0.05) is 12.1 Å². The quantitative estimate of drug-likeness (QED) is 0.403. The van der Waals surface area contributed by atoms with Crippen LogP contribution in [0.15, 0.2) is 54.6 Å². The van der Waals surface area contributed by atoms with Gasteiger partial charge in [0.1, 0.15) is 22.9 Å². The highest BCUT2D eigenvalue weighted by atomic mass is 16.5. The fourth-order valence-corrected chi connectivity index (χ4v) is 3.35. The Morgan fingerprint density at radius 2 is 1.30 bits per heavy atom. The number of pyridine rings is 1. The van der Waals surface area contributed by atoms with Gasteiger partial charge in [-0.15, -0.1) is 0 Å². The lowest BCUT2D eigenvalue weighted by molar-refractivity contribution is 0.0690. The summed E-state index contributed by atoms with van der Waals surface area (Å²) in [6, 6.07) is 16.5. The van der Waals surface area contributed by atoms with Crippen molar-refractivity contribution in [1.29, 1.82) is 0 Å². The molecule has 0 unspecified atom stereocenters. The molecule has 0 aliphatic heterocycles. The molecule has 6 nitrogen and oxygen atoms in total. The molecule has 0 spiro atoms. The first-order valence-electron chi connectivity index (χ1n) is 11.1. The molecule has 174 valence electrons. The van der Waals surface area contributed by atoms with Gasteiger partial charge in [0.05, 0.1) is 24.0 Å². The van der Waals surface area contributed by atoms with E-state index in [9.17, 15) is 9.90 Å². The molecule has 0 fully saturated rings. The fourth-order valence-electron chi connectivity index (χ4n) is 3.35. The largest absolute Gasteiger partial charge is 0.491 e. The molecule has 0 saturated carbocycles. The number of benzene rings is 2. The van der Waals surface area contributed by atoms with E-state index in [1.54, 1.807) is 6.07 Å². The van der Waals surface area contributed by atoms with Gasteiger partial charge < -0.3 is 19.3 Å². The van der Waals surface area contributed by atoms with E-state index in [1.165, 1.54) is 0 Å². The zero-order valence-corrected chi connectivity index (χ0v) is 20.0. The Balaban J connectivity index is 2.09. The van der Waals surface area contributed by atoms with Crippen LogP contribution in [0.2, 0.25) is 0 Å². The molecule has 1 heterocycles. The van der Waals surface area contributed by atoms with E-state index >= 15 is 0 Å².